The lowest BCUT2D eigenvalue weighted by Gasteiger charge is -2.34. The first kappa shape index (κ1) is 30.0. The number of benzene rings is 3. The summed E-state index contributed by atoms with van der Waals surface area (Å²) < 4.78 is 29.8. The number of rotatable bonds is 11. The van der Waals surface area contributed by atoms with Crippen molar-refractivity contribution in [1.29, 1.82) is 0 Å². The fourth-order valence-electron chi connectivity index (χ4n) is 5.15. The highest BCUT2D eigenvalue weighted by molar-refractivity contribution is 14.1. The van der Waals surface area contributed by atoms with E-state index in [9.17, 15) is 18.0 Å². The van der Waals surface area contributed by atoms with Gasteiger partial charge in [0.1, 0.15) is 12.6 Å². The van der Waals surface area contributed by atoms with Gasteiger partial charge in [0.15, 0.2) is 0 Å². The number of hydrogen-bond acceptors (Lipinski definition) is 4. The molecular weight excluding hydrogens is 637 g/mol. The van der Waals surface area contributed by atoms with Crippen LogP contribution in [0.2, 0.25) is 0 Å². The van der Waals surface area contributed by atoms with E-state index in [-0.39, 0.29) is 23.4 Å². The molecule has 0 aliphatic heterocycles. The lowest BCUT2D eigenvalue weighted by atomic mass is 10.1. The van der Waals surface area contributed by atoms with Crippen LogP contribution in [0.1, 0.15) is 50.2 Å². The molecule has 0 saturated heterocycles. The van der Waals surface area contributed by atoms with Gasteiger partial charge in [-0.15, -0.1) is 0 Å². The largest absolute Gasteiger partial charge is 0.352 e. The van der Waals surface area contributed by atoms with Crippen LogP contribution in [0.15, 0.2) is 83.8 Å². The standard InChI is InChI=1S/C31H36IN3O4S/c1-3-29(31(37)33-26-12-7-8-13-26)34(21-24-11-9-10-23(2)20-24)30(36)22-35(27-18-16-25(32)17-19-27)40(38,39)28-14-5-4-6-15-28/h4-6,9-11,14-20,26,29H,3,7-8,12-13,21-22H2,1-2H3,(H,33,37)/t29-/m1/s1. The van der Waals surface area contributed by atoms with Crippen molar-refractivity contribution in [2.24, 2.45) is 0 Å². The van der Waals surface area contributed by atoms with Gasteiger partial charge in [0.25, 0.3) is 10.0 Å². The Labute approximate surface area is 251 Å². The van der Waals surface area contributed by atoms with Crippen LogP contribution in [0.25, 0.3) is 0 Å². The maximum atomic E-state index is 14.1. The van der Waals surface area contributed by atoms with Crippen LogP contribution in [0.3, 0.4) is 0 Å². The lowest BCUT2D eigenvalue weighted by Crippen LogP contribution is -2.53. The Hall–Kier alpha value is -2.92. The fourth-order valence-corrected chi connectivity index (χ4v) is 6.94. The first-order valence-electron chi connectivity index (χ1n) is 13.7. The van der Waals surface area contributed by atoms with Crippen molar-refractivity contribution in [2.75, 3.05) is 10.8 Å². The minimum Gasteiger partial charge on any atom is -0.352 e. The SMILES string of the molecule is CC[C@H](C(=O)NC1CCCC1)N(Cc1cccc(C)c1)C(=O)CN(c1ccc(I)cc1)S(=O)(=O)c1ccccc1. The van der Waals surface area contributed by atoms with E-state index >= 15 is 0 Å². The van der Waals surface area contributed by atoms with Crippen LogP contribution in [0.5, 0.6) is 0 Å². The minimum atomic E-state index is -4.06. The number of anilines is 1. The topological polar surface area (TPSA) is 86.8 Å². The van der Waals surface area contributed by atoms with Gasteiger partial charge in [-0.05, 0) is 90.7 Å². The highest BCUT2D eigenvalue weighted by Crippen LogP contribution is 2.26. The predicted octanol–water partition coefficient (Wildman–Crippen LogP) is 5.66. The van der Waals surface area contributed by atoms with Gasteiger partial charge in [-0.1, -0.05) is 67.8 Å². The molecule has 0 aromatic heterocycles. The average molecular weight is 674 g/mol. The number of nitrogens with one attached hydrogen (secondary N) is 1. The minimum absolute atomic E-state index is 0.0950. The third-order valence-corrected chi connectivity index (χ3v) is 9.75. The molecule has 0 spiro atoms. The second-order valence-corrected chi connectivity index (χ2v) is 13.3. The van der Waals surface area contributed by atoms with E-state index in [0.717, 1.165) is 44.7 Å². The molecule has 0 radical (unpaired) electrons. The number of hydrogen-bond donors (Lipinski definition) is 1. The molecule has 40 heavy (non-hydrogen) atoms. The number of sulfonamides is 1. The zero-order chi connectivity index (χ0) is 28.7. The maximum absolute atomic E-state index is 14.1. The smallest absolute Gasteiger partial charge is 0.264 e. The van der Waals surface area contributed by atoms with Crippen molar-refractivity contribution >= 4 is 50.1 Å². The maximum Gasteiger partial charge on any atom is 0.264 e. The highest BCUT2D eigenvalue weighted by atomic mass is 127. The molecule has 0 bridgehead atoms. The van der Waals surface area contributed by atoms with Gasteiger partial charge in [0.2, 0.25) is 11.8 Å². The van der Waals surface area contributed by atoms with E-state index in [1.165, 1.54) is 12.1 Å². The van der Waals surface area contributed by atoms with Crippen molar-refractivity contribution in [3.63, 3.8) is 0 Å². The molecule has 212 valence electrons. The highest BCUT2D eigenvalue weighted by Gasteiger charge is 2.34. The molecule has 0 unspecified atom stereocenters. The summed E-state index contributed by atoms with van der Waals surface area (Å²) in [5.41, 5.74) is 2.31. The molecule has 1 fully saturated rings. The number of carbonyl (C=O) groups excluding carboxylic acids is 2. The van der Waals surface area contributed by atoms with Crippen LogP contribution in [-0.2, 0) is 26.2 Å². The normalized spacial score (nSPS) is 14.5. The molecule has 1 aliphatic rings. The Morgan fingerprint density at radius 1 is 0.975 bits per heavy atom. The van der Waals surface area contributed by atoms with Gasteiger partial charge < -0.3 is 10.2 Å². The number of amides is 2. The molecule has 3 aromatic rings. The Bertz CT molecular complexity index is 1410. The molecule has 1 saturated carbocycles. The third kappa shape index (κ3) is 7.42. The number of nitrogens with zero attached hydrogens (tertiary/aromatic N) is 2. The Balaban J connectivity index is 1.70. The number of aryl methyl sites for hydroxylation is 1. The van der Waals surface area contributed by atoms with Crippen molar-refractivity contribution in [2.45, 2.75) is 69.5 Å². The molecule has 1 atom stereocenters. The van der Waals surface area contributed by atoms with Crippen molar-refractivity contribution in [1.82, 2.24) is 10.2 Å². The predicted molar refractivity (Wildman–Crippen MR) is 166 cm³/mol. The number of carbonyl (C=O) groups is 2. The lowest BCUT2D eigenvalue weighted by molar-refractivity contribution is -0.140. The summed E-state index contributed by atoms with van der Waals surface area (Å²) in [7, 11) is -4.06. The van der Waals surface area contributed by atoms with Crippen molar-refractivity contribution in [3.8, 4) is 0 Å². The molecule has 4 rings (SSSR count). The Morgan fingerprint density at radius 3 is 2.27 bits per heavy atom. The van der Waals surface area contributed by atoms with E-state index < -0.39 is 28.5 Å². The van der Waals surface area contributed by atoms with E-state index in [1.807, 2.05) is 50.2 Å². The zero-order valence-corrected chi connectivity index (χ0v) is 25.9. The first-order chi connectivity index (χ1) is 19.2. The molecule has 9 heteroatoms. The molecule has 1 aliphatic carbocycles. The third-order valence-electron chi connectivity index (χ3n) is 7.25. The summed E-state index contributed by atoms with van der Waals surface area (Å²) >= 11 is 2.16. The first-order valence-corrected chi connectivity index (χ1v) is 16.2. The fraction of sp³-hybridized carbons (Fsp3) is 0.355. The molecular formula is C31H36IN3O4S. The Kier molecular flexibility index (Phi) is 10.2. The summed E-state index contributed by atoms with van der Waals surface area (Å²) in [5, 5.41) is 3.14. The second-order valence-electron chi connectivity index (χ2n) is 10.2. The molecule has 1 N–H and O–H groups in total. The van der Waals surface area contributed by atoms with E-state index in [2.05, 4.69) is 27.9 Å². The van der Waals surface area contributed by atoms with Gasteiger partial charge in [0.05, 0.1) is 10.6 Å². The van der Waals surface area contributed by atoms with E-state index in [0.29, 0.717) is 12.1 Å². The quantitative estimate of drug-likeness (QED) is 0.266. The molecule has 2 amide bonds. The van der Waals surface area contributed by atoms with E-state index in [4.69, 9.17) is 0 Å². The summed E-state index contributed by atoms with van der Waals surface area (Å²) in [4.78, 5) is 29.3. The van der Waals surface area contributed by atoms with Gasteiger partial charge in [0, 0.05) is 16.2 Å². The van der Waals surface area contributed by atoms with Crippen LogP contribution < -0.4 is 9.62 Å². The van der Waals surface area contributed by atoms with Crippen LogP contribution in [-0.4, -0.2) is 43.8 Å². The van der Waals surface area contributed by atoms with Gasteiger partial charge >= 0.3 is 0 Å². The molecule has 0 heterocycles. The summed E-state index contributed by atoms with van der Waals surface area (Å²) in [6, 6.07) is 22.3. The van der Waals surface area contributed by atoms with Gasteiger partial charge in [-0.2, -0.15) is 0 Å². The Morgan fingerprint density at radius 2 is 1.65 bits per heavy atom. The van der Waals surface area contributed by atoms with Gasteiger partial charge in [-0.25, -0.2) is 8.42 Å². The van der Waals surface area contributed by atoms with Crippen LogP contribution in [0.4, 0.5) is 5.69 Å². The van der Waals surface area contributed by atoms with Gasteiger partial charge in [-0.3, -0.25) is 13.9 Å². The second kappa shape index (κ2) is 13.6. The summed E-state index contributed by atoms with van der Waals surface area (Å²) in [6.07, 6.45) is 4.44. The summed E-state index contributed by atoms with van der Waals surface area (Å²) in [5.74, 6) is -0.630. The van der Waals surface area contributed by atoms with Crippen molar-refractivity contribution in [3.05, 3.63) is 93.6 Å². The molecule has 7 nitrogen and oxygen atoms in total. The summed E-state index contributed by atoms with van der Waals surface area (Å²) in [6.45, 7) is 3.62. The monoisotopic (exact) mass is 673 g/mol. The zero-order valence-electron chi connectivity index (χ0n) is 22.9. The van der Waals surface area contributed by atoms with Crippen molar-refractivity contribution < 1.29 is 18.0 Å². The molecule has 3 aromatic carbocycles. The van der Waals surface area contributed by atoms with Crippen LogP contribution in [0, 0.1) is 10.5 Å². The van der Waals surface area contributed by atoms with Crippen LogP contribution >= 0.6 is 22.6 Å². The number of halogens is 1. The van der Waals surface area contributed by atoms with E-state index in [1.54, 1.807) is 35.2 Å². The average Bonchev–Trinajstić information content (AvgIpc) is 3.45.